The molecule has 1 aromatic heterocycles. The molecule has 108 valence electrons. The third kappa shape index (κ3) is 4.24. The first-order chi connectivity index (χ1) is 10.0. The summed E-state index contributed by atoms with van der Waals surface area (Å²) in [6, 6.07) is 9.97. The van der Waals surface area contributed by atoms with Crippen LogP contribution < -0.4 is 11.1 Å². The number of anilines is 1. The number of furan rings is 1. The van der Waals surface area contributed by atoms with Crippen LogP contribution in [0.1, 0.15) is 21.9 Å². The van der Waals surface area contributed by atoms with Crippen molar-refractivity contribution in [1.82, 2.24) is 5.32 Å². The number of carbonyl (C=O) groups is 2. The second-order valence-corrected chi connectivity index (χ2v) is 4.29. The summed E-state index contributed by atoms with van der Waals surface area (Å²) < 4.78 is 5.02. The molecule has 0 atom stereocenters. The van der Waals surface area contributed by atoms with Gasteiger partial charge in [-0.05, 0) is 35.9 Å². The van der Waals surface area contributed by atoms with Crippen molar-refractivity contribution in [3.05, 3.63) is 59.6 Å². The lowest BCUT2D eigenvalue weighted by molar-refractivity contribution is -0.116. The Balaban J connectivity index is 1.88. The molecule has 2 rings (SSSR count). The van der Waals surface area contributed by atoms with Gasteiger partial charge in [0.2, 0.25) is 11.7 Å². The van der Waals surface area contributed by atoms with Gasteiger partial charge in [0.05, 0.1) is 6.54 Å². The summed E-state index contributed by atoms with van der Waals surface area (Å²) in [7, 11) is 0. The summed E-state index contributed by atoms with van der Waals surface area (Å²) in [4.78, 5) is 22.3. The van der Waals surface area contributed by atoms with Crippen molar-refractivity contribution < 1.29 is 19.1 Å². The lowest BCUT2D eigenvalue weighted by Gasteiger charge is -1.99. The molecule has 4 N–H and O–H groups in total. The van der Waals surface area contributed by atoms with Crippen LogP contribution in [0.25, 0.3) is 6.08 Å². The number of carboxylic acids is 1. The quantitative estimate of drug-likeness (QED) is 0.575. The highest BCUT2D eigenvalue weighted by Gasteiger charge is 2.08. The average molecular weight is 286 g/mol. The van der Waals surface area contributed by atoms with Gasteiger partial charge in [0.1, 0.15) is 5.76 Å². The number of rotatable bonds is 5. The molecule has 1 heterocycles. The number of nitrogen functional groups attached to an aromatic ring is 1. The molecule has 0 unspecified atom stereocenters. The summed E-state index contributed by atoms with van der Waals surface area (Å²) in [5, 5.41) is 11.3. The molecule has 0 aliphatic rings. The molecule has 0 aliphatic heterocycles. The van der Waals surface area contributed by atoms with Crippen LogP contribution >= 0.6 is 0 Å². The van der Waals surface area contributed by atoms with Gasteiger partial charge in [-0.3, -0.25) is 4.79 Å². The maximum Gasteiger partial charge on any atom is 0.371 e. The normalized spacial score (nSPS) is 10.7. The van der Waals surface area contributed by atoms with Crippen molar-refractivity contribution in [2.24, 2.45) is 0 Å². The van der Waals surface area contributed by atoms with Crippen LogP contribution in [-0.2, 0) is 11.3 Å². The summed E-state index contributed by atoms with van der Waals surface area (Å²) in [6.45, 7) is 0.118. The lowest BCUT2D eigenvalue weighted by atomic mass is 10.2. The molecule has 21 heavy (non-hydrogen) atoms. The third-order valence-electron chi connectivity index (χ3n) is 2.65. The second-order valence-electron chi connectivity index (χ2n) is 4.29. The lowest BCUT2D eigenvalue weighted by Crippen LogP contribution is -2.19. The van der Waals surface area contributed by atoms with Crippen molar-refractivity contribution in [3.8, 4) is 0 Å². The number of nitrogens with two attached hydrogens (primary N) is 1. The molecule has 0 radical (unpaired) electrons. The zero-order valence-corrected chi connectivity index (χ0v) is 11.1. The fraction of sp³-hybridized carbons (Fsp3) is 0.0667. The highest BCUT2D eigenvalue weighted by Crippen LogP contribution is 2.09. The minimum atomic E-state index is -1.14. The zero-order valence-electron chi connectivity index (χ0n) is 11.1. The number of hydrogen-bond acceptors (Lipinski definition) is 4. The topological polar surface area (TPSA) is 106 Å². The van der Waals surface area contributed by atoms with Crippen molar-refractivity contribution in [3.63, 3.8) is 0 Å². The Morgan fingerprint density at radius 2 is 2.10 bits per heavy atom. The SMILES string of the molecule is Nc1cccc(/C=C/C(=O)NCc2ccc(C(=O)O)o2)c1. The fourth-order valence-corrected chi connectivity index (χ4v) is 1.66. The van der Waals surface area contributed by atoms with Crippen molar-refractivity contribution in [1.29, 1.82) is 0 Å². The Labute approximate surface area is 120 Å². The minimum Gasteiger partial charge on any atom is -0.475 e. The number of aromatic carboxylic acids is 1. The molecule has 1 amide bonds. The van der Waals surface area contributed by atoms with Gasteiger partial charge in [0, 0.05) is 11.8 Å². The average Bonchev–Trinajstić information content (AvgIpc) is 2.92. The first-order valence-electron chi connectivity index (χ1n) is 6.18. The Morgan fingerprint density at radius 1 is 1.29 bits per heavy atom. The van der Waals surface area contributed by atoms with Gasteiger partial charge < -0.3 is 20.6 Å². The largest absolute Gasteiger partial charge is 0.475 e. The summed E-state index contributed by atoms with van der Waals surface area (Å²) in [6.07, 6.45) is 3.01. The van der Waals surface area contributed by atoms with Gasteiger partial charge in [-0.1, -0.05) is 12.1 Å². The number of nitrogens with one attached hydrogen (secondary N) is 1. The van der Waals surface area contributed by atoms with Gasteiger partial charge in [-0.15, -0.1) is 0 Å². The van der Waals surface area contributed by atoms with Crippen molar-refractivity contribution in [2.75, 3.05) is 5.73 Å². The highest BCUT2D eigenvalue weighted by atomic mass is 16.4. The van der Waals surface area contributed by atoms with E-state index in [9.17, 15) is 9.59 Å². The molecule has 2 aromatic rings. The number of hydrogen-bond donors (Lipinski definition) is 3. The van der Waals surface area contributed by atoms with E-state index in [1.807, 2.05) is 6.07 Å². The first kappa shape index (κ1) is 14.4. The summed E-state index contributed by atoms with van der Waals surface area (Å²) in [5.74, 6) is -1.24. The third-order valence-corrected chi connectivity index (χ3v) is 2.65. The second kappa shape index (κ2) is 6.42. The number of carbonyl (C=O) groups excluding carboxylic acids is 1. The van der Waals surface area contributed by atoms with Gasteiger partial charge in [-0.25, -0.2) is 4.79 Å². The Hall–Kier alpha value is -3.02. The molecule has 6 nitrogen and oxygen atoms in total. The molecular weight excluding hydrogens is 272 g/mol. The fourth-order valence-electron chi connectivity index (χ4n) is 1.66. The number of amides is 1. The van der Waals surface area contributed by atoms with Crippen LogP contribution in [-0.4, -0.2) is 17.0 Å². The van der Waals surface area contributed by atoms with Crippen LogP contribution in [0.2, 0.25) is 0 Å². The Bertz CT molecular complexity index is 688. The van der Waals surface area contributed by atoms with Crippen LogP contribution in [0, 0.1) is 0 Å². The van der Waals surface area contributed by atoms with Gasteiger partial charge in [-0.2, -0.15) is 0 Å². The van der Waals surface area contributed by atoms with E-state index in [4.69, 9.17) is 15.3 Å². The maximum atomic E-state index is 11.6. The molecule has 0 fully saturated rings. The predicted octanol–water partition coefficient (Wildman–Crippen LogP) is 1.89. The Kier molecular flexibility index (Phi) is 4.40. The van der Waals surface area contributed by atoms with E-state index in [1.54, 1.807) is 24.3 Å². The maximum absolute atomic E-state index is 11.6. The smallest absolute Gasteiger partial charge is 0.371 e. The van der Waals surface area contributed by atoms with E-state index in [-0.39, 0.29) is 18.2 Å². The van der Waals surface area contributed by atoms with Gasteiger partial charge in [0.15, 0.2) is 0 Å². The first-order valence-corrected chi connectivity index (χ1v) is 6.18. The Morgan fingerprint density at radius 3 is 2.76 bits per heavy atom. The van der Waals surface area contributed by atoms with E-state index in [0.717, 1.165) is 5.56 Å². The van der Waals surface area contributed by atoms with Gasteiger partial charge >= 0.3 is 5.97 Å². The van der Waals surface area contributed by atoms with Crippen LogP contribution in [0.15, 0.2) is 46.9 Å². The van der Waals surface area contributed by atoms with Crippen molar-refractivity contribution >= 4 is 23.6 Å². The van der Waals surface area contributed by atoms with E-state index < -0.39 is 5.97 Å². The van der Waals surface area contributed by atoms with Crippen LogP contribution in [0.3, 0.4) is 0 Å². The van der Waals surface area contributed by atoms with E-state index in [2.05, 4.69) is 5.32 Å². The van der Waals surface area contributed by atoms with Gasteiger partial charge in [0.25, 0.3) is 0 Å². The van der Waals surface area contributed by atoms with Crippen LogP contribution in [0.5, 0.6) is 0 Å². The predicted molar refractivity (Wildman–Crippen MR) is 77.4 cm³/mol. The molecule has 0 bridgehead atoms. The standard InChI is InChI=1S/C15H14N2O4/c16-11-3-1-2-10(8-11)4-7-14(18)17-9-12-5-6-13(21-12)15(19)20/h1-8H,9,16H2,(H,17,18)(H,19,20)/b7-4+. The van der Waals surface area contributed by atoms with Crippen LogP contribution in [0.4, 0.5) is 5.69 Å². The highest BCUT2D eigenvalue weighted by molar-refractivity contribution is 5.91. The minimum absolute atomic E-state index is 0.118. The molecular formula is C15H14N2O4. The summed E-state index contributed by atoms with van der Waals surface area (Å²) >= 11 is 0. The molecule has 0 spiro atoms. The summed E-state index contributed by atoms with van der Waals surface area (Å²) in [5.41, 5.74) is 7.07. The number of carboxylic acid groups (broad SMARTS) is 1. The van der Waals surface area contributed by atoms with E-state index >= 15 is 0 Å². The number of benzene rings is 1. The van der Waals surface area contributed by atoms with Crippen molar-refractivity contribution in [2.45, 2.75) is 6.54 Å². The monoisotopic (exact) mass is 286 g/mol. The molecule has 6 heteroatoms. The molecule has 0 saturated carbocycles. The molecule has 1 aromatic carbocycles. The molecule has 0 saturated heterocycles. The molecule has 0 aliphatic carbocycles. The zero-order chi connectivity index (χ0) is 15.2. The van der Waals surface area contributed by atoms with E-state index in [0.29, 0.717) is 11.4 Å². The van der Waals surface area contributed by atoms with E-state index in [1.165, 1.54) is 18.2 Å².